The maximum atomic E-state index is 14.3. The van der Waals surface area contributed by atoms with Crippen molar-refractivity contribution in [3.8, 4) is 23.0 Å². The van der Waals surface area contributed by atoms with Gasteiger partial charge in [0.25, 0.3) is 5.56 Å². The Kier molecular flexibility index (Phi) is 13.0. The summed E-state index contributed by atoms with van der Waals surface area (Å²) in [6.07, 6.45) is 1.76. The lowest BCUT2D eigenvalue weighted by Crippen LogP contribution is -2.40. The van der Waals surface area contributed by atoms with Gasteiger partial charge in [-0.15, -0.1) is 0 Å². The predicted molar refractivity (Wildman–Crippen MR) is 204 cm³/mol. The molecule has 4 aromatic rings. The third kappa shape index (κ3) is 8.84. The molecule has 2 heterocycles. The summed E-state index contributed by atoms with van der Waals surface area (Å²) in [5, 5.41) is 0. The van der Waals surface area contributed by atoms with Crippen LogP contribution >= 0.6 is 49.9 Å². The van der Waals surface area contributed by atoms with E-state index in [1.54, 1.807) is 38.1 Å². The van der Waals surface area contributed by atoms with Crippen LogP contribution in [0.1, 0.15) is 50.4 Å². The van der Waals surface area contributed by atoms with E-state index in [2.05, 4.69) is 43.5 Å². The molecule has 1 atom stereocenters. The fourth-order valence-electron chi connectivity index (χ4n) is 5.35. The summed E-state index contributed by atoms with van der Waals surface area (Å²) in [6.45, 7) is 8.00. The second-order valence-electron chi connectivity index (χ2n) is 11.0. The molecule has 0 radical (unpaired) electrons. The molecule has 1 aromatic heterocycles. The molecular weight excluding hydrogens is 855 g/mol. The molecule has 14 heteroatoms. The molecule has 0 fully saturated rings. The monoisotopic (exact) mass is 890 g/mol. The van der Waals surface area contributed by atoms with Gasteiger partial charge in [0, 0.05) is 3.57 Å². The van der Waals surface area contributed by atoms with Gasteiger partial charge in [0.15, 0.2) is 34.4 Å². The van der Waals surface area contributed by atoms with Gasteiger partial charge in [-0.1, -0.05) is 29.5 Å². The first-order valence-electron chi connectivity index (χ1n) is 16.1. The number of hydrogen-bond donors (Lipinski definition) is 0. The maximum Gasteiger partial charge on any atom is 0.343 e. The number of thiazole rings is 1. The van der Waals surface area contributed by atoms with Crippen LogP contribution in [0.2, 0.25) is 0 Å². The summed E-state index contributed by atoms with van der Waals surface area (Å²) in [7, 11) is 1.27. The van der Waals surface area contributed by atoms with Crippen LogP contribution in [0.4, 0.5) is 0 Å². The van der Waals surface area contributed by atoms with Gasteiger partial charge >= 0.3 is 11.9 Å². The zero-order valence-corrected chi connectivity index (χ0v) is 33.2. The minimum atomic E-state index is -0.890. The van der Waals surface area contributed by atoms with Crippen LogP contribution in [0.25, 0.3) is 6.08 Å². The molecular formula is C37H36BrIN2O9S. The zero-order valence-electron chi connectivity index (χ0n) is 28.6. The quantitative estimate of drug-likeness (QED) is 0.109. The molecule has 0 aliphatic carbocycles. The molecule has 1 aliphatic rings. The first-order chi connectivity index (χ1) is 24.6. The number of methoxy groups -OCH3 is 1. The lowest BCUT2D eigenvalue weighted by molar-refractivity contribution is -0.143. The highest BCUT2D eigenvalue weighted by Crippen LogP contribution is 2.39. The number of aromatic nitrogens is 1. The van der Waals surface area contributed by atoms with E-state index >= 15 is 0 Å². The first-order valence-corrected chi connectivity index (χ1v) is 18.8. The van der Waals surface area contributed by atoms with Crippen molar-refractivity contribution in [1.29, 1.82) is 0 Å². The minimum absolute atomic E-state index is 0.138. The van der Waals surface area contributed by atoms with E-state index in [0.29, 0.717) is 73.4 Å². The van der Waals surface area contributed by atoms with Gasteiger partial charge in [-0.2, -0.15) is 0 Å². The van der Waals surface area contributed by atoms with E-state index < -0.39 is 18.0 Å². The van der Waals surface area contributed by atoms with Gasteiger partial charge in [0.05, 0.1) is 53.2 Å². The van der Waals surface area contributed by atoms with Crippen LogP contribution in [0.5, 0.6) is 23.0 Å². The summed E-state index contributed by atoms with van der Waals surface area (Å²) in [4.78, 5) is 44.6. The molecule has 268 valence electrons. The van der Waals surface area contributed by atoms with Gasteiger partial charge in [0.1, 0.15) is 6.61 Å². The summed E-state index contributed by atoms with van der Waals surface area (Å²) >= 11 is 7.11. The molecule has 0 saturated heterocycles. The zero-order chi connectivity index (χ0) is 36.7. The molecule has 0 spiro atoms. The Morgan fingerprint density at radius 2 is 1.67 bits per heavy atom. The molecule has 0 N–H and O–H groups in total. The number of halogens is 2. The molecule has 0 amide bonds. The Bertz CT molecular complexity index is 2140. The van der Waals surface area contributed by atoms with Crippen LogP contribution in [0.3, 0.4) is 0 Å². The van der Waals surface area contributed by atoms with Gasteiger partial charge in [-0.3, -0.25) is 9.36 Å². The SMILES string of the molecule is CCOC(=O)C1=C(C)N=c2s/c(=C\c3cc(Br)c(OCc4ccc(I)cc4)c(OCC)c3)c(=O)n2[C@@H]1c1ccc(OCC(=O)OC)c(OCC)c1. The van der Waals surface area contributed by atoms with Crippen molar-refractivity contribution < 1.29 is 38.0 Å². The van der Waals surface area contributed by atoms with Crippen molar-refractivity contribution >= 4 is 67.9 Å². The Hall–Kier alpha value is -4.15. The van der Waals surface area contributed by atoms with Crippen LogP contribution in [-0.4, -0.2) is 50.0 Å². The average molecular weight is 892 g/mol. The van der Waals surface area contributed by atoms with Gasteiger partial charge < -0.3 is 28.4 Å². The minimum Gasteiger partial charge on any atom is -0.490 e. The topological polar surface area (TPSA) is 124 Å². The van der Waals surface area contributed by atoms with Crippen molar-refractivity contribution in [2.75, 3.05) is 33.5 Å². The van der Waals surface area contributed by atoms with Crippen LogP contribution < -0.4 is 33.8 Å². The number of rotatable bonds is 14. The Morgan fingerprint density at radius 1 is 0.941 bits per heavy atom. The highest BCUT2D eigenvalue weighted by atomic mass is 127. The molecule has 0 saturated carbocycles. The standard InChI is InChI=1S/C37H36BrIN2O9S/c1-6-46-28-18-24(11-14-27(28)49-20-31(42)45-5)33-32(36(44)48-8-3)21(4)40-37-41(33)35(43)30(51-37)17-23-15-26(38)34(29(16-23)47-7-2)50-19-22-9-12-25(39)13-10-22/h9-18,33H,6-8,19-20H2,1-5H3/b30-17-/t33-/m1/s1. The number of hydrogen-bond acceptors (Lipinski definition) is 11. The third-order valence-corrected chi connectivity index (χ3v) is 9.89. The van der Waals surface area contributed by atoms with Gasteiger partial charge in [-0.25, -0.2) is 14.6 Å². The number of nitrogens with zero attached hydrogens (tertiary/aromatic N) is 2. The third-order valence-electron chi connectivity index (χ3n) is 7.60. The molecule has 3 aromatic carbocycles. The molecule has 11 nitrogen and oxygen atoms in total. The fourth-order valence-corrected chi connectivity index (χ4v) is 7.33. The van der Waals surface area contributed by atoms with Gasteiger partial charge in [-0.05, 0) is 125 Å². The van der Waals surface area contributed by atoms with Gasteiger partial charge in [0.2, 0.25) is 0 Å². The van der Waals surface area contributed by atoms with E-state index in [1.165, 1.54) is 23.0 Å². The van der Waals surface area contributed by atoms with Crippen molar-refractivity contribution in [2.24, 2.45) is 4.99 Å². The molecule has 0 bridgehead atoms. The van der Waals surface area contributed by atoms with E-state index in [9.17, 15) is 14.4 Å². The number of esters is 2. The highest BCUT2D eigenvalue weighted by molar-refractivity contribution is 14.1. The van der Waals surface area contributed by atoms with E-state index in [0.717, 1.165) is 9.13 Å². The van der Waals surface area contributed by atoms with Crippen LogP contribution in [0, 0.1) is 3.57 Å². The Morgan fingerprint density at radius 3 is 2.35 bits per heavy atom. The Labute approximate surface area is 320 Å². The molecule has 1 aliphatic heterocycles. The summed E-state index contributed by atoms with van der Waals surface area (Å²) in [6, 6.07) is 15.9. The normalized spacial score (nSPS) is 14.0. The molecule has 5 rings (SSSR count). The van der Waals surface area contributed by atoms with Crippen molar-refractivity contribution in [3.05, 3.63) is 110 Å². The van der Waals surface area contributed by atoms with Crippen molar-refractivity contribution in [1.82, 2.24) is 4.57 Å². The summed E-state index contributed by atoms with van der Waals surface area (Å²) < 4.78 is 37.5. The number of allylic oxidation sites excluding steroid dienone is 1. The second-order valence-corrected chi connectivity index (χ2v) is 14.1. The average Bonchev–Trinajstić information content (AvgIpc) is 3.41. The smallest absolute Gasteiger partial charge is 0.343 e. The van der Waals surface area contributed by atoms with E-state index in [1.807, 2.05) is 50.2 Å². The maximum absolute atomic E-state index is 14.3. The fraction of sp³-hybridized carbons (Fsp3) is 0.297. The molecule has 51 heavy (non-hydrogen) atoms. The summed E-state index contributed by atoms with van der Waals surface area (Å²) in [5.41, 5.74) is 2.56. The number of carbonyl (C=O) groups is 2. The number of carbonyl (C=O) groups excluding carboxylic acids is 2. The number of fused-ring (bicyclic) bond motifs is 1. The van der Waals surface area contributed by atoms with E-state index in [-0.39, 0.29) is 24.3 Å². The van der Waals surface area contributed by atoms with Crippen molar-refractivity contribution in [3.63, 3.8) is 0 Å². The Balaban J connectivity index is 1.59. The van der Waals surface area contributed by atoms with Crippen LogP contribution in [-0.2, 0) is 25.7 Å². The highest BCUT2D eigenvalue weighted by Gasteiger charge is 2.34. The van der Waals surface area contributed by atoms with E-state index in [4.69, 9.17) is 28.4 Å². The lowest BCUT2D eigenvalue weighted by Gasteiger charge is -2.25. The summed E-state index contributed by atoms with van der Waals surface area (Å²) in [5.74, 6) is 0.560. The molecule has 0 unspecified atom stereocenters. The number of benzene rings is 3. The number of ether oxygens (including phenoxy) is 6. The van der Waals surface area contributed by atoms with Crippen LogP contribution in [0.15, 0.2) is 80.1 Å². The predicted octanol–water partition coefficient (Wildman–Crippen LogP) is 6.09. The lowest BCUT2D eigenvalue weighted by atomic mass is 9.95. The largest absolute Gasteiger partial charge is 0.490 e. The first kappa shape index (κ1) is 38.1. The second kappa shape index (κ2) is 17.4. The van der Waals surface area contributed by atoms with Crippen molar-refractivity contribution in [2.45, 2.75) is 40.3 Å².